The molecule has 106 valence electrons. The standard InChI is InChI=1S/C14H22BrN3O/c1-3-19-14-11(2)13(16-10-17-14)18-9-5-4-6-12(18)7-8-15/h10,12H,3-9H2,1-2H3. The number of ether oxygens (including phenoxy) is 1. The summed E-state index contributed by atoms with van der Waals surface area (Å²) in [4.78, 5) is 11.2. The lowest BCUT2D eigenvalue weighted by atomic mass is 9.99. The third-order valence-electron chi connectivity index (χ3n) is 3.63. The number of anilines is 1. The van der Waals surface area contributed by atoms with E-state index in [1.165, 1.54) is 19.3 Å². The van der Waals surface area contributed by atoms with Gasteiger partial charge in [-0.15, -0.1) is 0 Å². The first-order chi connectivity index (χ1) is 9.27. The molecule has 1 atom stereocenters. The van der Waals surface area contributed by atoms with Gasteiger partial charge in [0.1, 0.15) is 12.1 Å². The maximum absolute atomic E-state index is 5.58. The fourth-order valence-electron chi connectivity index (χ4n) is 2.70. The Labute approximate surface area is 123 Å². The molecule has 1 unspecified atom stereocenters. The quantitative estimate of drug-likeness (QED) is 0.777. The minimum atomic E-state index is 0.580. The fraction of sp³-hybridized carbons (Fsp3) is 0.714. The van der Waals surface area contributed by atoms with E-state index in [0.717, 1.165) is 35.6 Å². The van der Waals surface area contributed by atoms with Gasteiger partial charge in [-0.25, -0.2) is 9.97 Å². The van der Waals surface area contributed by atoms with E-state index in [1.807, 2.05) is 6.92 Å². The largest absolute Gasteiger partial charge is 0.478 e. The third kappa shape index (κ3) is 3.38. The van der Waals surface area contributed by atoms with E-state index < -0.39 is 0 Å². The summed E-state index contributed by atoms with van der Waals surface area (Å²) in [6.45, 7) is 5.76. The van der Waals surface area contributed by atoms with Crippen LogP contribution in [0.1, 0.15) is 38.2 Å². The molecular formula is C14H22BrN3O. The van der Waals surface area contributed by atoms with Gasteiger partial charge in [0, 0.05) is 17.9 Å². The summed E-state index contributed by atoms with van der Waals surface area (Å²) >= 11 is 3.56. The zero-order chi connectivity index (χ0) is 13.7. The first kappa shape index (κ1) is 14.6. The SMILES string of the molecule is CCOc1ncnc(N2CCCCC2CCBr)c1C. The Morgan fingerprint density at radius 2 is 2.26 bits per heavy atom. The van der Waals surface area contributed by atoms with E-state index in [2.05, 4.69) is 37.7 Å². The summed E-state index contributed by atoms with van der Waals surface area (Å²) < 4.78 is 5.58. The highest BCUT2D eigenvalue weighted by molar-refractivity contribution is 9.09. The lowest BCUT2D eigenvalue weighted by Gasteiger charge is -2.37. The Hall–Kier alpha value is -0.840. The molecule has 2 rings (SSSR count). The number of alkyl halides is 1. The van der Waals surface area contributed by atoms with Crippen LogP contribution < -0.4 is 9.64 Å². The van der Waals surface area contributed by atoms with Crippen molar-refractivity contribution in [3.63, 3.8) is 0 Å². The minimum absolute atomic E-state index is 0.580. The highest BCUT2D eigenvalue weighted by atomic mass is 79.9. The summed E-state index contributed by atoms with van der Waals surface area (Å²) in [6, 6.07) is 0.580. The second-order valence-electron chi connectivity index (χ2n) is 4.88. The zero-order valence-corrected chi connectivity index (χ0v) is 13.3. The number of piperidine rings is 1. The maximum Gasteiger partial charge on any atom is 0.221 e. The van der Waals surface area contributed by atoms with Gasteiger partial charge in [0.25, 0.3) is 0 Å². The van der Waals surface area contributed by atoms with E-state index in [1.54, 1.807) is 6.33 Å². The van der Waals surface area contributed by atoms with Gasteiger partial charge in [0.15, 0.2) is 0 Å². The molecule has 0 aromatic carbocycles. The van der Waals surface area contributed by atoms with Crippen molar-refractivity contribution in [2.75, 3.05) is 23.4 Å². The van der Waals surface area contributed by atoms with Gasteiger partial charge in [0.2, 0.25) is 5.88 Å². The second kappa shape index (κ2) is 7.08. The van der Waals surface area contributed by atoms with Crippen LogP contribution in [0.5, 0.6) is 5.88 Å². The average Bonchev–Trinajstić information content (AvgIpc) is 2.43. The normalized spacial score (nSPS) is 19.5. The minimum Gasteiger partial charge on any atom is -0.478 e. The Balaban J connectivity index is 2.25. The van der Waals surface area contributed by atoms with Crippen LogP contribution >= 0.6 is 15.9 Å². The molecule has 0 N–H and O–H groups in total. The molecule has 1 aliphatic rings. The monoisotopic (exact) mass is 327 g/mol. The van der Waals surface area contributed by atoms with Crippen LogP contribution in [0, 0.1) is 6.92 Å². The van der Waals surface area contributed by atoms with E-state index >= 15 is 0 Å². The predicted octanol–water partition coefficient (Wildman–Crippen LogP) is 3.33. The van der Waals surface area contributed by atoms with Crippen LogP contribution in [-0.2, 0) is 0 Å². The number of aromatic nitrogens is 2. The second-order valence-corrected chi connectivity index (χ2v) is 5.67. The van der Waals surface area contributed by atoms with Crippen LogP contribution in [0.15, 0.2) is 6.33 Å². The van der Waals surface area contributed by atoms with Crippen molar-refractivity contribution >= 4 is 21.7 Å². The molecule has 19 heavy (non-hydrogen) atoms. The number of hydrogen-bond donors (Lipinski definition) is 0. The molecule has 0 saturated carbocycles. The van der Waals surface area contributed by atoms with Crippen LogP contribution in [0.4, 0.5) is 5.82 Å². The topological polar surface area (TPSA) is 38.3 Å². The van der Waals surface area contributed by atoms with Crippen LogP contribution in [0.3, 0.4) is 0 Å². The van der Waals surface area contributed by atoms with Gasteiger partial charge in [-0.3, -0.25) is 0 Å². The Morgan fingerprint density at radius 1 is 1.42 bits per heavy atom. The van der Waals surface area contributed by atoms with E-state index in [0.29, 0.717) is 12.6 Å². The fourth-order valence-corrected chi connectivity index (χ4v) is 3.23. The van der Waals surface area contributed by atoms with Crippen LogP contribution in [0.2, 0.25) is 0 Å². The van der Waals surface area contributed by atoms with Gasteiger partial charge in [-0.05, 0) is 39.5 Å². The van der Waals surface area contributed by atoms with Crippen molar-refractivity contribution in [3.05, 3.63) is 11.9 Å². The number of nitrogens with zero attached hydrogens (tertiary/aromatic N) is 3. The lowest BCUT2D eigenvalue weighted by Crippen LogP contribution is -2.40. The molecule has 1 aromatic heterocycles. The maximum atomic E-state index is 5.58. The zero-order valence-electron chi connectivity index (χ0n) is 11.7. The van der Waals surface area contributed by atoms with E-state index in [9.17, 15) is 0 Å². The highest BCUT2D eigenvalue weighted by Crippen LogP contribution is 2.30. The predicted molar refractivity (Wildman–Crippen MR) is 81.3 cm³/mol. The van der Waals surface area contributed by atoms with E-state index in [-0.39, 0.29) is 0 Å². The summed E-state index contributed by atoms with van der Waals surface area (Å²) in [5.74, 6) is 1.76. The molecule has 5 heteroatoms. The third-order valence-corrected chi connectivity index (χ3v) is 4.09. The molecule has 1 aliphatic heterocycles. The molecule has 0 radical (unpaired) electrons. The molecule has 4 nitrogen and oxygen atoms in total. The smallest absolute Gasteiger partial charge is 0.221 e. The Bertz CT molecular complexity index is 412. The summed E-state index contributed by atoms with van der Waals surface area (Å²) in [6.07, 6.45) is 6.59. The molecule has 1 fully saturated rings. The van der Waals surface area contributed by atoms with Crippen LogP contribution in [-0.4, -0.2) is 34.5 Å². The molecule has 0 spiro atoms. The van der Waals surface area contributed by atoms with Gasteiger partial charge in [-0.2, -0.15) is 0 Å². The number of rotatable bonds is 5. The summed E-state index contributed by atoms with van der Waals surface area (Å²) in [5.41, 5.74) is 1.06. The first-order valence-electron chi connectivity index (χ1n) is 7.05. The molecule has 0 aliphatic carbocycles. The Morgan fingerprint density at radius 3 is 3.00 bits per heavy atom. The van der Waals surface area contributed by atoms with Crippen molar-refractivity contribution in [1.82, 2.24) is 9.97 Å². The molecule has 2 heterocycles. The van der Waals surface area contributed by atoms with E-state index in [4.69, 9.17) is 4.74 Å². The van der Waals surface area contributed by atoms with Crippen LogP contribution in [0.25, 0.3) is 0 Å². The number of hydrogen-bond acceptors (Lipinski definition) is 4. The molecule has 0 bridgehead atoms. The van der Waals surface area contributed by atoms with Crippen molar-refractivity contribution in [3.8, 4) is 5.88 Å². The van der Waals surface area contributed by atoms with Crippen molar-refractivity contribution in [2.45, 2.75) is 45.6 Å². The van der Waals surface area contributed by atoms with Crippen molar-refractivity contribution in [2.24, 2.45) is 0 Å². The lowest BCUT2D eigenvalue weighted by molar-refractivity contribution is 0.323. The summed E-state index contributed by atoms with van der Waals surface area (Å²) in [5, 5.41) is 1.04. The first-order valence-corrected chi connectivity index (χ1v) is 8.17. The van der Waals surface area contributed by atoms with Crippen molar-refractivity contribution in [1.29, 1.82) is 0 Å². The Kier molecular flexibility index (Phi) is 5.43. The van der Waals surface area contributed by atoms with Gasteiger partial charge < -0.3 is 9.64 Å². The van der Waals surface area contributed by atoms with Gasteiger partial charge >= 0.3 is 0 Å². The van der Waals surface area contributed by atoms with Gasteiger partial charge in [0.05, 0.1) is 12.2 Å². The molecule has 1 saturated heterocycles. The number of halogens is 1. The average molecular weight is 328 g/mol. The highest BCUT2D eigenvalue weighted by Gasteiger charge is 2.25. The van der Waals surface area contributed by atoms with Gasteiger partial charge in [-0.1, -0.05) is 15.9 Å². The summed E-state index contributed by atoms with van der Waals surface area (Å²) in [7, 11) is 0. The molecule has 0 amide bonds. The van der Waals surface area contributed by atoms with Crippen molar-refractivity contribution < 1.29 is 4.74 Å². The molecule has 1 aromatic rings. The molecular weight excluding hydrogens is 306 g/mol.